The third kappa shape index (κ3) is 7.38. The maximum Gasteiger partial charge on any atom is 0.329 e. The number of hydrogen-bond donors (Lipinski definition) is 3. The molecular formula is C26H23BrN4O4. The Morgan fingerprint density at radius 1 is 1.00 bits per heavy atom. The Balaban J connectivity index is 1.65. The summed E-state index contributed by atoms with van der Waals surface area (Å²) in [6, 6.07) is 19.0. The van der Waals surface area contributed by atoms with E-state index in [0.29, 0.717) is 23.6 Å². The van der Waals surface area contributed by atoms with Gasteiger partial charge in [0.15, 0.2) is 0 Å². The lowest BCUT2D eigenvalue weighted by atomic mass is 10.1. The van der Waals surface area contributed by atoms with Crippen molar-refractivity contribution in [2.45, 2.75) is 6.92 Å². The van der Waals surface area contributed by atoms with E-state index in [2.05, 4.69) is 43.7 Å². The van der Waals surface area contributed by atoms with Gasteiger partial charge in [0.2, 0.25) is 0 Å². The lowest BCUT2D eigenvalue weighted by Gasteiger charge is -2.11. The molecule has 0 aliphatic rings. The van der Waals surface area contributed by atoms with E-state index >= 15 is 0 Å². The maximum atomic E-state index is 12.8. The highest BCUT2D eigenvalue weighted by Gasteiger charge is 2.18. The second kappa shape index (κ2) is 12.3. The van der Waals surface area contributed by atoms with Crippen molar-refractivity contribution in [2.24, 2.45) is 5.10 Å². The quantitative estimate of drug-likeness (QED) is 0.169. The van der Waals surface area contributed by atoms with Gasteiger partial charge in [-0.1, -0.05) is 52.9 Å². The van der Waals surface area contributed by atoms with Crippen LogP contribution in [0.3, 0.4) is 0 Å². The first-order valence-corrected chi connectivity index (χ1v) is 11.3. The Morgan fingerprint density at radius 3 is 2.57 bits per heavy atom. The number of hydrogen-bond acceptors (Lipinski definition) is 5. The maximum absolute atomic E-state index is 12.8. The molecule has 0 unspecified atom stereocenters. The SMILES string of the molecule is C=CCOc1ccc(Br)cc1C=NNC(=O)C(=O)Nc1ccccc1C(=O)Nc1cccc(C)c1. The number of ether oxygens (including phenoxy) is 1. The van der Waals surface area contributed by atoms with Crippen molar-refractivity contribution in [1.29, 1.82) is 0 Å². The first kappa shape index (κ1) is 25.4. The Morgan fingerprint density at radius 2 is 1.80 bits per heavy atom. The number of nitrogens with zero attached hydrogens (tertiary/aromatic N) is 1. The summed E-state index contributed by atoms with van der Waals surface area (Å²) in [4.78, 5) is 37.5. The summed E-state index contributed by atoms with van der Waals surface area (Å²) >= 11 is 3.37. The molecule has 3 aromatic carbocycles. The number of amides is 3. The fourth-order valence-electron chi connectivity index (χ4n) is 3.00. The summed E-state index contributed by atoms with van der Waals surface area (Å²) in [5.74, 6) is -1.87. The van der Waals surface area contributed by atoms with Crippen LogP contribution in [0.15, 0.2) is 89.0 Å². The molecule has 3 N–H and O–H groups in total. The summed E-state index contributed by atoms with van der Waals surface area (Å²) in [5.41, 5.74) is 4.76. The second-order valence-electron chi connectivity index (χ2n) is 7.30. The van der Waals surface area contributed by atoms with Crippen LogP contribution in [-0.4, -0.2) is 30.5 Å². The highest BCUT2D eigenvalue weighted by Crippen LogP contribution is 2.22. The standard InChI is InChI=1S/C26H23BrN4O4/c1-3-13-35-23-12-11-19(27)15-18(23)16-28-31-26(34)25(33)30-22-10-5-4-9-21(22)24(32)29-20-8-6-7-17(2)14-20/h3-12,14-16H,1,13H2,2H3,(H,29,32)(H,30,33)(H,31,34). The van der Waals surface area contributed by atoms with Crippen molar-refractivity contribution in [3.63, 3.8) is 0 Å². The van der Waals surface area contributed by atoms with Crippen LogP contribution >= 0.6 is 15.9 Å². The number of carbonyl (C=O) groups is 3. The molecule has 0 saturated carbocycles. The molecule has 35 heavy (non-hydrogen) atoms. The molecule has 0 bridgehead atoms. The highest BCUT2D eigenvalue weighted by molar-refractivity contribution is 9.10. The van der Waals surface area contributed by atoms with E-state index in [1.165, 1.54) is 12.3 Å². The molecule has 0 aliphatic carbocycles. The average Bonchev–Trinajstić information content (AvgIpc) is 2.83. The van der Waals surface area contributed by atoms with Gasteiger partial charge in [-0.05, 0) is 55.0 Å². The highest BCUT2D eigenvalue weighted by atomic mass is 79.9. The second-order valence-corrected chi connectivity index (χ2v) is 8.22. The fourth-order valence-corrected chi connectivity index (χ4v) is 3.38. The third-order valence-corrected chi connectivity index (χ3v) is 5.09. The molecule has 0 aliphatic heterocycles. The van der Waals surface area contributed by atoms with E-state index in [1.807, 2.05) is 25.1 Å². The first-order valence-electron chi connectivity index (χ1n) is 10.5. The number of anilines is 2. The molecule has 3 rings (SSSR count). The number of carbonyl (C=O) groups excluding carboxylic acids is 3. The van der Waals surface area contributed by atoms with Gasteiger partial charge in [-0.2, -0.15) is 5.10 Å². The molecule has 8 nitrogen and oxygen atoms in total. The number of halogens is 1. The molecular weight excluding hydrogens is 512 g/mol. The van der Waals surface area contributed by atoms with Crippen LogP contribution in [0.4, 0.5) is 11.4 Å². The molecule has 0 radical (unpaired) electrons. The van der Waals surface area contributed by atoms with Crippen LogP contribution in [0.25, 0.3) is 0 Å². The van der Waals surface area contributed by atoms with Gasteiger partial charge in [-0.25, -0.2) is 5.43 Å². The van der Waals surface area contributed by atoms with Crippen molar-refractivity contribution in [2.75, 3.05) is 17.2 Å². The van der Waals surface area contributed by atoms with Gasteiger partial charge in [0.1, 0.15) is 12.4 Å². The van der Waals surface area contributed by atoms with E-state index < -0.39 is 17.7 Å². The predicted octanol–water partition coefficient (Wildman–Crippen LogP) is 4.66. The van der Waals surface area contributed by atoms with Crippen LogP contribution in [0.5, 0.6) is 5.75 Å². The lowest BCUT2D eigenvalue weighted by Crippen LogP contribution is -2.33. The van der Waals surface area contributed by atoms with Crippen molar-refractivity contribution < 1.29 is 19.1 Å². The average molecular weight is 535 g/mol. The van der Waals surface area contributed by atoms with Crippen molar-refractivity contribution in [3.05, 3.63) is 101 Å². The minimum atomic E-state index is -1.00. The van der Waals surface area contributed by atoms with E-state index in [9.17, 15) is 14.4 Å². The molecule has 0 aromatic heterocycles. The van der Waals surface area contributed by atoms with Crippen LogP contribution in [-0.2, 0) is 9.59 Å². The Bertz CT molecular complexity index is 1290. The summed E-state index contributed by atoms with van der Waals surface area (Å²) in [6.45, 7) is 5.82. The zero-order valence-corrected chi connectivity index (χ0v) is 20.5. The summed E-state index contributed by atoms with van der Waals surface area (Å²) < 4.78 is 6.34. The number of nitrogens with one attached hydrogen (secondary N) is 3. The van der Waals surface area contributed by atoms with Gasteiger partial charge in [0.25, 0.3) is 5.91 Å². The van der Waals surface area contributed by atoms with E-state index in [1.54, 1.807) is 48.5 Å². The zero-order valence-electron chi connectivity index (χ0n) is 18.9. The predicted molar refractivity (Wildman–Crippen MR) is 140 cm³/mol. The minimum Gasteiger partial charge on any atom is -0.489 e. The molecule has 9 heteroatoms. The summed E-state index contributed by atoms with van der Waals surface area (Å²) in [5, 5.41) is 9.08. The molecule has 3 aromatic rings. The van der Waals surface area contributed by atoms with Crippen LogP contribution in [0, 0.1) is 6.92 Å². The van der Waals surface area contributed by atoms with Gasteiger partial charge in [0, 0.05) is 15.7 Å². The molecule has 178 valence electrons. The summed E-state index contributed by atoms with van der Waals surface area (Å²) in [6.07, 6.45) is 2.96. The molecule has 0 saturated heterocycles. The topological polar surface area (TPSA) is 109 Å². The van der Waals surface area contributed by atoms with E-state index in [4.69, 9.17) is 4.74 Å². The lowest BCUT2D eigenvalue weighted by molar-refractivity contribution is -0.136. The number of para-hydroxylation sites is 1. The number of rotatable bonds is 8. The zero-order chi connectivity index (χ0) is 25.2. The van der Waals surface area contributed by atoms with E-state index in [0.717, 1.165) is 10.0 Å². The van der Waals surface area contributed by atoms with E-state index in [-0.39, 0.29) is 11.3 Å². The molecule has 0 atom stereocenters. The Labute approximate surface area is 211 Å². The molecule has 3 amide bonds. The van der Waals surface area contributed by atoms with Crippen LogP contribution in [0.2, 0.25) is 0 Å². The molecule has 0 fully saturated rings. The number of benzene rings is 3. The summed E-state index contributed by atoms with van der Waals surface area (Å²) in [7, 11) is 0. The third-order valence-electron chi connectivity index (χ3n) is 4.60. The fraction of sp³-hybridized carbons (Fsp3) is 0.0769. The molecule has 0 heterocycles. The van der Waals surface area contributed by atoms with Crippen LogP contribution < -0.4 is 20.8 Å². The van der Waals surface area contributed by atoms with Gasteiger partial charge in [-0.3, -0.25) is 14.4 Å². The first-order chi connectivity index (χ1) is 16.9. The number of hydrazone groups is 1. The van der Waals surface area contributed by atoms with Gasteiger partial charge >= 0.3 is 11.8 Å². The number of aryl methyl sites for hydroxylation is 1. The van der Waals surface area contributed by atoms with Gasteiger partial charge in [-0.15, -0.1) is 0 Å². The smallest absolute Gasteiger partial charge is 0.329 e. The minimum absolute atomic E-state index is 0.189. The van der Waals surface area contributed by atoms with Crippen molar-refractivity contribution >= 4 is 51.2 Å². The normalized spacial score (nSPS) is 10.5. The Hall–Kier alpha value is -4.24. The Kier molecular flexibility index (Phi) is 8.91. The van der Waals surface area contributed by atoms with Crippen LogP contribution in [0.1, 0.15) is 21.5 Å². The monoisotopic (exact) mass is 534 g/mol. The molecule has 0 spiro atoms. The van der Waals surface area contributed by atoms with Crippen molar-refractivity contribution in [3.8, 4) is 5.75 Å². The largest absolute Gasteiger partial charge is 0.489 e. The van der Waals surface area contributed by atoms with Gasteiger partial charge in [0.05, 0.1) is 17.5 Å². The van der Waals surface area contributed by atoms with Crippen molar-refractivity contribution in [1.82, 2.24) is 5.43 Å². The van der Waals surface area contributed by atoms with Gasteiger partial charge < -0.3 is 15.4 Å².